The normalized spacial score (nSPS) is 22.8. The number of para-hydroxylation sites is 2. The predicted molar refractivity (Wildman–Crippen MR) is 221 cm³/mol. The van der Waals surface area contributed by atoms with Gasteiger partial charge >= 0.3 is 0 Å². The molecule has 0 saturated carbocycles. The third-order valence-corrected chi connectivity index (χ3v) is 14.9. The second-order valence-corrected chi connectivity index (χ2v) is 20.3. The second kappa shape index (κ2) is 14.7. The molecular formula is C45H47FN6O5Si. The molecule has 0 unspecified atom stereocenters. The summed E-state index contributed by atoms with van der Waals surface area (Å²) in [6.07, 6.45) is 4.03. The standard InChI is InChI=1S/C45H47FN6O5Si/c1-29-43(58(2,3)46)40(21-23-49-28-33(22-24-53)47-48-49)57-45(29)36-26-35(52-38-14-7-5-11-32(38)16-20-42(52)55)17-18-39(36)50(44(45)56)27-30-9-8-12-34(25-30)51-37-13-6-4-10-31(37)15-19-41(51)54/h4-14,17-18,25-26,28-29,40,43,53H,15-16,19-24,27H2,1-3H3/t29-,40+,43-,45+/m1/s1. The van der Waals surface area contributed by atoms with Gasteiger partial charge in [-0.1, -0.05) is 60.7 Å². The van der Waals surface area contributed by atoms with E-state index in [2.05, 4.69) is 10.3 Å². The van der Waals surface area contributed by atoms with Crippen molar-refractivity contribution in [1.82, 2.24) is 15.0 Å². The van der Waals surface area contributed by atoms with Crippen LogP contribution in [0.4, 0.5) is 32.5 Å². The second-order valence-electron chi connectivity index (χ2n) is 16.5. The highest BCUT2D eigenvalue weighted by Crippen LogP contribution is 2.61. The summed E-state index contributed by atoms with van der Waals surface area (Å²) in [5.74, 6) is -0.854. The summed E-state index contributed by atoms with van der Waals surface area (Å²) in [4.78, 5) is 47.7. The third kappa shape index (κ3) is 6.36. The number of hydrogen-bond donors (Lipinski definition) is 1. The van der Waals surface area contributed by atoms with Crippen LogP contribution in [-0.4, -0.2) is 58.9 Å². The molecule has 0 bridgehead atoms. The van der Waals surface area contributed by atoms with Crippen LogP contribution in [0.1, 0.15) is 54.1 Å². The number of hydrogen-bond acceptors (Lipinski definition) is 7. The highest BCUT2D eigenvalue weighted by molar-refractivity contribution is 6.72. The average molecular weight is 799 g/mol. The lowest BCUT2D eigenvalue weighted by Crippen LogP contribution is -2.45. The molecule has 58 heavy (non-hydrogen) atoms. The molecule has 4 aliphatic rings. The summed E-state index contributed by atoms with van der Waals surface area (Å²) in [5, 5.41) is 17.8. The van der Waals surface area contributed by atoms with E-state index in [1.807, 2.05) is 97.9 Å². The molecule has 13 heteroatoms. The summed E-state index contributed by atoms with van der Waals surface area (Å²) >= 11 is 0. The number of anilines is 5. The van der Waals surface area contributed by atoms with Gasteiger partial charge in [-0.25, -0.2) is 0 Å². The van der Waals surface area contributed by atoms with Crippen LogP contribution in [0, 0.1) is 5.92 Å². The van der Waals surface area contributed by atoms with Crippen molar-refractivity contribution in [3.05, 3.63) is 125 Å². The van der Waals surface area contributed by atoms with Crippen LogP contribution in [0.25, 0.3) is 0 Å². The largest absolute Gasteiger partial charge is 0.396 e. The Labute approximate surface area is 338 Å². The van der Waals surface area contributed by atoms with Crippen molar-refractivity contribution in [2.75, 3.05) is 21.3 Å². The number of aryl methyl sites for hydroxylation is 3. The van der Waals surface area contributed by atoms with Crippen LogP contribution in [0.5, 0.6) is 0 Å². The molecule has 9 rings (SSSR count). The minimum absolute atomic E-state index is 0.0116. The van der Waals surface area contributed by atoms with E-state index in [4.69, 9.17) is 4.74 Å². The summed E-state index contributed by atoms with van der Waals surface area (Å²) in [7, 11) is -3.48. The highest BCUT2D eigenvalue weighted by Gasteiger charge is 2.66. The number of fused-ring (bicyclic) bond motifs is 4. The topological polar surface area (TPSA) is 121 Å². The van der Waals surface area contributed by atoms with Crippen molar-refractivity contribution in [3.63, 3.8) is 0 Å². The summed E-state index contributed by atoms with van der Waals surface area (Å²) in [5.41, 5.74) is 5.85. The molecule has 0 aliphatic carbocycles. The Bertz CT molecular complexity index is 2430. The first-order valence-electron chi connectivity index (χ1n) is 20.2. The van der Waals surface area contributed by atoms with Gasteiger partial charge in [0, 0.05) is 67.0 Å². The van der Waals surface area contributed by atoms with Crippen molar-refractivity contribution in [1.29, 1.82) is 0 Å². The van der Waals surface area contributed by atoms with Gasteiger partial charge in [0.1, 0.15) is 0 Å². The molecule has 1 aromatic heterocycles. The Kier molecular flexibility index (Phi) is 9.64. The number of aliphatic hydroxyl groups excluding tert-OH is 1. The molecule has 1 spiro atoms. The van der Waals surface area contributed by atoms with Crippen molar-refractivity contribution in [2.45, 2.75) is 88.9 Å². The summed E-state index contributed by atoms with van der Waals surface area (Å²) < 4.78 is 25.5. The van der Waals surface area contributed by atoms with E-state index in [1.165, 1.54) is 0 Å². The molecule has 5 heterocycles. The molecule has 4 atom stereocenters. The zero-order valence-corrected chi connectivity index (χ0v) is 34.0. The van der Waals surface area contributed by atoms with E-state index >= 15 is 8.90 Å². The molecule has 11 nitrogen and oxygen atoms in total. The minimum Gasteiger partial charge on any atom is -0.396 e. The number of carbonyl (C=O) groups is 3. The molecule has 3 amide bonds. The van der Waals surface area contributed by atoms with Gasteiger partial charge in [-0.15, -0.1) is 5.10 Å². The zero-order chi connectivity index (χ0) is 40.3. The fourth-order valence-electron chi connectivity index (χ4n) is 9.94. The van der Waals surface area contributed by atoms with Gasteiger partial charge < -0.3 is 18.9 Å². The maximum Gasteiger partial charge on any atom is 0.264 e. The van der Waals surface area contributed by atoms with Crippen molar-refractivity contribution in [3.8, 4) is 0 Å². The molecule has 298 valence electrons. The number of rotatable bonds is 10. The first-order chi connectivity index (χ1) is 28.0. The minimum atomic E-state index is -3.48. The summed E-state index contributed by atoms with van der Waals surface area (Å²) in [6.45, 7) is 5.83. The van der Waals surface area contributed by atoms with E-state index in [-0.39, 0.29) is 30.9 Å². The van der Waals surface area contributed by atoms with Gasteiger partial charge in [-0.2, -0.15) is 0 Å². The van der Waals surface area contributed by atoms with E-state index in [9.17, 15) is 14.7 Å². The van der Waals surface area contributed by atoms with Crippen LogP contribution < -0.4 is 14.7 Å². The maximum absolute atomic E-state index is 16.7. The molecule has 1 saturated heterocycles. The van der Waals surface area contributed by atoms with E-state index in [0.29, 0.717) is 67.7 Å². The Morgan fingerprint density at radius 3 is 2.14 bits per heavy atom. The number of benzene rings is 4. The van der Waals surface area contributed by atoms with E-state index in [0.717, 1.165) is 33.8 Å². The van der Waals surface area contributed by atoms with Crippen molar-refractivity contribution >= 4 is 54.6 Å². The monoisotopic (exact) mass is 798 g/mol. The van der Waals surface area contributed by atoms with Gasteiger partial charge in [0.2, 0.25) is 20.2 Å². The smallest absolute Gasteiger partial charge is 0.264 e. The molecular weight excluding hydrogens is 752 g/mol. The van der Waals surface area contributed by atoms with Crippen LogP contribution in [0.3, 0.4) is 0 Å². The first kappa shape index (κ1) is 38.0. The average Bonchev–Trinajstić information content (AvgIpc) is 3.86. The van der Waals surface area contributed by atoms with Crippen LogP contribution in [-0.2, 0) is 57.1 Å². The third-order valence-electron chi connectivity index (χ3n) is 12.5. The Morgan fingerprint density at radius 2 is 1.48 bits per heavy atom. The number of carbonyl (C=O) groups excluding carboxylic acids is 3. The lowest BCUT2D eigenvalue weighted by atomic mass is 9.82. The Balaban J connectivity index is 1.12. The van der Waals surface area contributed by atoms with Crippen molar-refractivity contribution < 1.29 is 28.3 Å². The fraction of sp³-hybridized carbons (Fsp3) is 0.356. The van der Waals surface area contributed by atoms with Crippen LogP contribution in [0.2, 0.25) is 18.6 Å². The Hall–Kier alpha value is -5.50. The number of aliphatic hydroxyl groups is 1. The van der Waals surface area contributed by atoms with Crippen molar-refractivity contribution in [2.24, 2.45) is 5.92 Å². The number of aromatic nitrogens is 3. The number of ether oxygens (including phenoxy) is 1. The SMILES string of the molecule is C[C@@H]1[C@@H]([Si](C)(C)F)[C@H](CCn2cc(CCO)nn2)O[C@@]12C(=O)N(Cc1cccc(N3C(=O)CCc4ccccc43)c1)c1ccc(N3C(=O)CCc4ccccc43)cc12. The molecule has 5 aromatic rings. The van der Waals surface area contributed by atoms with Gasteiger partial charge in [-0.05, 0) is 91.5 Å². The highest BCUT2D eigenvalue weighted by atomic mass is 28.4. The predicted octanol–water partition coefficient (Wildman–Crippen LogP) is 7.45. The van der Waals surface area contributed by atoms with Crippen LogP contribution >= 0.6 is 0 Å². The molecule has 0 radical (unpaired) electrons. The van der Waals surface area contributed by atoms with Crippen LogP contribution in [0.15, 0.2) is 97.2 Å². The van der Waals surface area contributed by atoms with Gasteiger partial charge in [-0.3, -0.25) is 28.9 Å². The molecule has 4 aliphatic heterocycles. The zero-order valence-electron chi connectivity index (χ0n) is 33.0. The summed E-state index contributed by atoms with van der Waals surface area (Å²) in [6, 6.07) is 29.2. The number of amides is 3. The number of nitrogens with zero attached hydrogens (tertiary/aromatic N) is 6. The van der Waals surface area contributed by atoms with Gasteiger partial charge in [0.15, 0.2) is 5.60 Å². The first-order valence-corrected chi connectivity index (χ1v) is 23.2. The van der Waals surface area contributed by atoms with E-state index in [1.54, 1.807) is 38.7 Å². The Morgan fingerprint density at radius 1 is 0.828 bits per heavy atom. The van der Waals surface area contributed by atoms with E-state index < -0.39 is 31.6 Å². The lowest BCUT2D eigenvalue weighted by molar-refractivity contribution is -0.146. The van der Waals surface area contributed by atoms with Gasteiger partial charge in [0.05, 0.1) is 35.4 Å². The quantitative estimate of drug-likeness (QED) is 0.115. The fourth-order valence-corrected chi connectivity index (χ4v) is 12.5. The molecule has 1 fully saturated rings. The number of halogens is 1. The molecule has 1 N–H and O–H groups in total. The maximum atomic E-state index is 16.7. The molecule has 4 aromatic carbocycles. The van der Waals surface area contributed by atoms with Gasteiger partial charge in [0.25, 0.3) is 5.91 Å². The lowest BCUT2D eigenvalue weighted by Gasteiger charge is -2.32.